The van der Waals surface area contributed by atoms with Crippen molar-refractivity contribution in [2.24, 2.45) is 0 Å². The van der Waals surface area contributed by atoms with Crippen molar-refractivity contribution in [3.05, 3.63) is 0 Å². The van der Waals surface area contributed by atoms with Crippen LogP contribution >= 0.6 is 0 Å². The molecule has 0 aliphatic carbocycles. The van der Waals surface area contributed by atoms with E-state index in [9.17, 15) is 112 Å². The highest BCUT2D eigenvalue weighted by molar-refractivity contribution is 8.07. The van der Waals surface area contributed by atoms with Crippen LogP contribution in [0.5, 0.6) is 0 Å². The molecule has 0 spiro atoms. The third-order valence-electron chi connectivity index (χ3n) is 25.3. The smallest absolute Gasteiger partial charge is 0.286 e. The maximum Gasteiger partial charge on any atom is 0.286 e. The van der Waals surface area contributed by atoms with Crippen molar-refractivity contribution in [1.82, 2.24) is 0 Å². The van der Waals surface area contributed by atoms with E-state index in [4.69, 9.17) is 29.0 Å². The second-order valence-electron chi connectivity index (χ2n) is 35.3. The Morgan fingerprint density at radius 1 is 0.309 bits per heavy atom. The van der Waals surface area contributed by atoms with Crippen molar-refractivity contribution in [3.63, 3.8) is 0 Å². The van der Waals surface area contributed by atoms with E-state index < -0.39 is 502 Å². The van der Waals surface area contributed by atoms with Crippen LogP contribution in [-0.2, 0) is 221 Å². The van der Waals surface area contributed by atoms with Gasteiger partial charge in [0.25, 0.3) is 152 Å². The maximum absolute atomic E-state index is 15.8. The summed E-state index contributed by atoms with van der Waals surface area (Å²) in [6, 6.07) is 0. The summed E-state index contributed by atoms with van der Waals surface area (Å²) in [5.41, 5.74) is 0. The van der Waals surface area contributed by atoms with Crippen molar-refractivity contribution in [3.8, 4) is 0 Å². The van der Waals surface area contributed by atoms with E-state index in [0.717, 1.165) is 34.6 Å². The van der Waals surface area contributed by atoms with Gasteiger partial charge in [0.15, 0.2) is 0 Å². The minimum atomic E-state index is -6.80. The highest BCUT2D eigenvalue weighted by Crippen LogP contribution is 2.39. The second-order valence-corrected chi connectivity index (χ2v) is 70.6. The van der Waals surface area contributed by atoms with Crippen LogP contribution in [0.25, 0.3) is 0 Å². The molecule has 0 aromatic carbocycles. The molecule has 5 aliphatic rings. The Hall–Kier alpha value is -1.27. The Morgan fingerprint density at radius 2 is 0.734 bits per heavy atom. The SMILES string of the molecule is CCCCCCC1CCCC2CCCCCC(C)S(=O)(=O)OS(=O)(=O)C(C)CCC3CCC(CCCC(CCC(CCC)S(=O)(=O)OS(=O)(=O)C(CC)CCC4CCCC5=S(=O)(O)OS(=O)(O)=C(CCC(S(=O)(=O)O)C(CCCCC(CCC)S(=O)(=O)O)=S(=O)(O)OS4(=O)=O)C(S(=O)(=O)O)CCC(CC)=S(=O)(O)OS(=O)(=O)C(CC)C(CC5)S(=O)(=O)OS3(=O)=O)S(=O)(=O)OS1(=O)=O)S(=O)(=O)OS2(=O)=O. The quantitative estimate of drug-likeness (QED) is 0.0365. The first-order valence-electron chi connectivity index (χ1n) is 45.2. The Balaban J connectivity index is 2.09. The number of hydrogen-bond donors (Lipinski definition) is 7. The van der Waals surface area contributed by atoms with Crippen molar-refractivity contribution in [2.45, 2.75) is 417 Å². The van der Waals surface area contributed by atoms with Crippen molar-refractivity contribution in [1.29, 1.82) is 0 Å². The van der Waals surface area contributed by atoms with Crippen LogP contribution in [0.15, 0.2) is 0 Å². The lowest BCUT2D eigenvalue weighted by atomic mass is 10.0. The summed E-state index contributed by atoms with van der Waals surface area (Å²) in [6.45, 7) is 8.99. The predicted molar refractivity (Wildman–Crippen MR) is 519 cm³/mol. The van der Waals surface area contributed by atoms with Crippen LogP contribution in [0, 0.1) is 0 Å². The first-order valence-corrected chi connectivity index (χ1v) is 73.1. The normalized spacial score (nSPS) is 35.6. The summed E-state index contributed by atoms with van der Waals surface area (Å²) in [5.74, 6) is 0. The zero-order chi connectivity index (χ0) is 106. The highest BCUT2D eigenvalue weighted by Gasteiger charge is 2.51. The molecule has 0 saturated carbocycles. The molecule has 826 valence electrons. The first kappa shape index (κ1) is 128. The standard InChI is InChI=1S/C71H134O49S19/c1-9-15-16-19-30-59-32-23-33-60-31-20-17-18-28-53(7)124(81,82)113-125(83,84)54(8)39-40-65-46-45-63(132(97,98)116-130(60,93)94)36-24-35-62(131(95,96)115-129(59,91)92)44-43-58(27-11-3)128(89,90)114-126(85,86)55(12-4)41-42-61-34-25-37-64-48-50-70(138(109,110)120-135(65,103)104)66(14-6)136(105,106)117-127(87,88)56(13-5)47-49-67(122(75,76)77)71(139(111,112)119-134(64,101)102)52-51-68(123(78,79)80)69(137(107,108)118-133(61,99)100)38-22-21-29-57(26-10-2)121(72,73)74/h53-55,57-63,65-68,70H,9-52H2,1-8H3,(H,87,88)(H,101,102)(H,107,108)(H,111,112)(H,72,73,74)(H,75,76,77)(H,78,79,80). The van der Waals surface area contributed by atoms with Gasteiger partial charge in [-0.1, -0.05) is 119 Å². The van der Waals surface area contributed by atoms with Crippen molar-refractivity contribution < 1.29 is 204 Å². The molecule has 19 unspecified atom stereocenters. The summed E-state index contributed by atoms with van der Waals surface area (Å²) in [7, 11) is -114. The summed E-state index contributed by atoms with van der Waals surface area (Å²) in [5, 5.41) is -37.7. The van der Waals surface area contributed by atoms with Gasteiger partial charge in [0.2, 0.25) is 40.3 Å². The summed E-state index contributed by atoms with van der Waals surface area (Å²) >= 11 is 0. The maximum atomic E-state index is 15.8. The third kappa shape index (κ3) is 37.1. The van der Waals surface area contributed by atoms with E-state index >= 15 is 63.1 Å². The van der Waals surface area contributed by atoms with Crippen LogP contribution in [0.4, 0.5) is 0 Å². The molecule has 139 heavy (non-hydrogen) atoms. The average Bonchev–Trinajstić information content (AvgIpc) is 0.765. The number of fused-ring (bicyclic) bond motifs is 15. The molecule has 7 N–H and O–H groups in total. The molecule has 0 amide bonds. The molecule has 49 nitrogen and oxygen atoms in total. The van der Waals surface area contributed by atoms with Gasteiger partial charge in [0, 0.05) is 9.73 Å². The summed E-state index contributed by atoms with van der Waals surface area (Å²) in [4.78, 5) is -6.50. The Morgan fingerprint density at radius 3 is 1.24 bits per heavy atom. The summed E-state index contributed by atoms with van der Waals surface area (Å²) < 4.78 is 622. The zero-order valence-corrected chi connectivity index (χ0v) is 93.3. The van der Waals surface area contributed by atoms with E-state index in [1.54, 1.807) is 6.92 Å². The van der Waals surface area contributed by atoms with Gasteiger partial charge in [-0.3, -0.25) is 31.9 Å². The van der Waals surface area contributed by atoms with Crippen LogP contribution < -0.4 is 0 Å². The van der Waals surface area contributed by atoms with Crippen LogP contribution in [0.2, 0.25) is 0 Å². The first-order chi connectivity index (χ1) is 63.3. The van der Waals surface area contributed by atoms with E-state index in [1.165, 1.54) is 13.8 Å². The van der Waals surface area contributed by atoms with Crippen molar-refractivity contribution in [2.75, 3.05) is 0 Å². The minimum absolute atomic E-state index is 0.0627. The molecule has 3 saturated heterocycles. The number of unbranched alkanes of at least 4 members (excludes halogenated alkanes) is 4. The largest absolute Gasteiger partial charge is 0.293 e. The fraction of sp³-hybridized carbons (Fsp3) is 0.944. The lowest BCUT2D eigenvalue weighted by molar-refractivity contribution is 0.398. The lowest BCUT2D eigenvalue weighted by Crippen LogP contribution is -2.44. The minimum Gasteiger partial charge on any atom is -0.293 e. The third-order valence-corrected chi connectivity index (χ3v) is 61.8. The highest BCUT2D eigenvalue weighted by atomic mass is 32.3. The van der Waals surface area contributed by atoms with Gasteiger partial charge in [0.05, 0.1) is 67.5 Å². The van der Waals surface area contributed by atoms with Crippen molar-refractivity contribution >= 4 is 212 Å². The van der Waals surface area contributed by atoms with Gasteiger partial charge in [-0.05, 0) is 219 Å². The molecule has 0 aromatic heterocycles. The molecular formula is C71H134O49S19. The molecule has 5 aliphatic heterocycles. The molecular weight excluding hydrogens is 2250 g/mol. The zero-order valence-electron chi connectivity index (χ0n) is 77.8. The molecule has 5 heterocycles. The molecule has 19 atom stereocenters. The Labute approximate surface area is 824 Å². The molecule has 68 heteroatoms. The monoisotopic (exact) mass is 2380 g/mol. The lowest BCUT2D eigenvalue weighted by Gasteiger charge is -2.28. The predicted octanol–water partition coefficient (Wildman–Crippen LogP) is 7.04. The molecule has 0 aromatic rings. The van der Waals surface area contributed by atoms with Gasteiger partial charge < -0.3 is 0 Å². The van der Waals surface area contributed by atoms with Gasteiger partial charge in [-0.15, -0.1) is 18.1 Å². The molecule has 0 radical (unpaired) electrons. The number of rotatable bonds is 20. The Kier molecular flexibility index (Phi) is 47.2. The fourth-order valence-corrected chi connectivity index (χ4v) is 50.6. The van der Waals surface area contributed by atoms with Gasteiger partial charge in [-0.25, -0.2) is 16.8 Å². The Bertz CT molecular complexity index is 6680. The van der Waals surface area contributed by atoms with Gasteiger partial charge in [-0.2, -0.15) is 137 Å². The fourth-order valence-electron chi connectivity index (χ4n) is 17.3. The van der Waals surface area contributed by atoms with Crippen LogP contribution in [0.1, 0.15) is 338 Å². The average molecular weight is 2380 g/mol. The van der Waals surface area contributed by atoms with Crippen LogP contribution in [-0.4, -0.2) is 273 Å². The summed E-state index contributed by atoms with van der Waals surface area (Å²) in [6.07, 6.45) is -38.7. The molecule has 5 rings (SSSR count). The van der Waals surface area contributed by atoms with Gasteiger partial charge in [0.1, 0.15) is 21.0 Å². The topological polar surface area (TPSA) is 796 Å². The number of hydrogen-bond acceptors (Lipinski definition) is 42. The van der Waals surface area contributed by atoms with E-state index in [0.29, 0.717) is 19.3 Å². The van der Waals surface area contributed by atoms with E-state index in [2.05, 4.69) is 0 Å². The second kappa shape index (κ2) is 51.2. The molecule has 3 fully saturated rings. The van der Waals surface area contributed by atoms with E-state index in [1.807, 2.05) is 0 Å². The van der Waals surface area contributed by atoms with E-state index in [-0.39, 0.29) is 51.4 Å². The van der Waals surface area contributed by atoms with Crippen LogP contribution in [0.3, 0.4) is 0 Å². The molecule has 8 bridgehead atoms. The van der Waals surface area contributed by atoms with Gasteiger partial charge >= 0.3 is 0 Å².